The summed E-state index contributed by atoms with van der Waals surface area (Å²) in [6.45, 7) is 5.64. The van der Waals surface area contributed by atoms with Crippen LogP contribution in [0.3, 0.4) is 0 Å². The summed E-state index contributed by atoms with van der Waals surface area (Å²) in [6, 6.07) is 9.92. The molecule has 0 saturated carbocycles. The van der Waals surface area contributed by atoms with Crippen LogP contribution in [0.25, 0.3) is 6.08 Å². The van der Waals surface area contributed by atoms with Gasteiger partial charge in [-0.1, -0.05) is 66.5 Å². The second-order valence-electron chi connectivity index (χ2n) is 7.39. The Morgan fingerprint density at radius 2 is 1.94 bits per heavy atom. The molecule has 31 heavy (non-hydrogen) atoms. The number of nitrogens with one attached hydrogen (secondary N) is 1. The van der Waals surface area contributed by atoms with Crippen LogP contribution in [0, 0.1) is 0 Å². The van der Waals surface area contributed by atoms with Gasteiger partial charge in [0.05, 0.1) is 18.1 Å². The van der Waals surface area contributed by atoms with Crippen molar-refractivity contribution in [3.63, 3.8) is 0 Å². The van der Waals surface area contributed by atoms with E-state index in [0.717, 1.165) is 44.8 Å². The smallest absolute Gasteiger partial charge is 0.266 e. The van der Waals surface area contributed by atoms with E-state index in [1.54, 1.807) is 11.0 Å². The van der Waals surface area contributed by atoms with E-state index in [1.165, 1.54) is 11.8 Å². The summed E-state index contributed by atoms with van der Waals surface area (Å²) in [6.07, 6.45) is 7.54. The molecule has 0 aliphatic carbocycles. The molecule has 1 aromatic rings. The lowest BCUT2D eigenvalue weighted by molar-refractivity contribution is -0.124. The van der Waals surface area contributed by atoms with E-state index in [0.29, 0.717) is 35.2 Å². The molecule has 0 spiro atoms. The molecule has 1 aromatic carbocycles. The van der Waals surface area contributed by atoms with Crippen LogP contribution in [0.5, 0.6) is 0 Å². The predicted octanol–water partition coefficient (Wildman–Crippen LogP) is 3.06. The van der Waals surface area contributed by atoms with Gasteiger partial charge in [0, 0.05) is 32.6 Å². The van der Waals surface area contributed by atoms with Gasteiger partial charge in [0.15, 0.2) is 0 Å². The topological polar surface area (TPSA) is 61.9 Å². The van der Waals surface area contributed by atoms with Gasteiger partial charge in [-0.3, -0.25) is 19.4 Å². The van der Waals surface area contributed by atoms with Gasteiger partial charge < -0.3 is 10.1 Å². The van der Waals surface area contributed by atoms with Crippen LogP contribution < -0.4 is 5.32 Å². The Morgan fingerprint density at radius 1 is 1.16 bits per heavy atom. The fourth-order valence-electron chi connectivity index (χ4n) is 3.36. The van der Waals surface area contributed by atoms with E-state index >= 15 is 0 Å². The van der Waals surface area contributed by atoms with E-state index in [-0.39, 0.29) is 11.8 Å². The highest BCUT2D eigenvalue weighted by atomic mass is 32.2. The second-order valence-corrected chi connectivity index (χ2v) is 9.06. The SMILES string of the molecule is O=C(CCCN1C(=O)C(=CC=Cc2ccccc2)SC1=S)NCCCN1CCOCC1. The van der Waals surface area contributed by atoms with Gasteiger partial charge in [-0.2, -0.15) is 0 Å². The molecular weight excluding hydrogens is 430 g/mol. The van der Waals surface area contributed by atoms with Gasteiger partial charge in [0.1, 0.15) is 4.32 Å². The third-order valence-corrected chi connectivity index (χ3v) is 6.47. The molecule has 0 unspecified atom stereocenters. The summed E-state index contributed by atoms with van der Waals surface area (Å²) >= 11 is 6.66. The minimum atomic E-state index is -0.0846. The van der Waals surface area contributed by atoms with Crippen molar-refractivity contribution in [1.29, 1.82) is 0 Å². The molecule has 2 fully saturated rings. The number of rotatable bonds is 10. The van der Waals surface area contributed by atoms with Crippen molar-refractivity contribution in [1.82, 2.24) is 15.1 Å². The van der Waals surface area contributed by atoms with Gasteiger partial charge >= 0.3 is 0 Å². The molecule has 2 amide bonds. The van der Waals surface area contributed by atoms with E-state index < -0.39 is 0 Å². The lowest BCUT2D eigenvalue weighted by Crippen LogP contribution is -2.38. The standard InChI is InChI=1S/C23H29N3O3S2/c27-21(24-12-6-13-25-15-17-29-18-16-25)11-5-14-26-22(28)20(31-23(26)30)10-4-9-19-7-2-1-3-8-19/h1-4,7-10H,5-6,11-18H2,(H,24,27). The maximum Gasteiger partial charge on any atom is 0.266 e. The first kappa shape index (κ1) is 23.7. The maximum absolute atomic E-state index is 12.6. The third kappa shape index (κ3) is 7.88. The average molecular weight is 460 g/mol. The molecule has 2 aliphatic heterocycles. The minimum Gasteiger partial charge on any atom is -0.379 e. The molecule has 2 saturated heterocycles. The first-order chi connectivity index (χ1) is 15.1. The molecule has 2 heterocycles. The van der Waals surface area contributed by atoms with Crippen molar-refractivity contribution >= 4 is 46.2 Å². The summed E-state index contributed by atoms with van der Waals surface area (Å²) in [5, 5.41) is 2.96. The summed E-state index contributed by atoms with van der Waals surface area (Å²) in [7, 11) is 0. The molecule has 1 N–H and O–H groups in total. The van der Waals surface area contributed by atoms with E-state index in [4.69, 9.17) is 17.0 Å². The van der Waals surface area contributed by atoms with Crippen LogP contribution in [0.15, 0.2) is 47.4 Å². The highest BCUT2D eigenvalue weighted by Gasteiger charge is 2.31. The van der Waals surface area contributed by atoms with Gasteiger partial charge in [0.25, 0.3) is 5.91 Å². The third-order valence-electron chi connectivity index (χ3n) is 5.07. The number of morpholine rings is 1. The predicted molar refractivity (Wildman–Crippen MR) is 130 cm³/mol. The van der Waals surface area contributed by atoms with Crippen LogP contribution >= 0.6 is 24.0 Å². The van der Waals surface area contributed by atoms with Crippen LogP contribution in [0.4, 0.5) is 0 Å². The Bertz CT molecular complexity index is 821. The fourth-order valence-corrected chi connectivity index (χ4v) is 4.62. The number of hydrogen-bond acceptors (Lipinski definition) is 6. The molecule has 2 aliphatic rings. The van der Waals surface area contributed by atoms with E-state index in [9.17, 15) is 9.59 Å². The number of carbonyl (C=O) groups is 2. The van der Waals surface area contributed by atoms with Crippen LogP contribution in [-0.4, -0.2) is 71.9 Å². The van der Waals surface area contributed by atoms with E-state index in [2.05, 4.69) is 10.2 Å². The van der Waals surface area contributed by atoms with E-state index in [1.807, 2.05) is 42.5 Å². The lowest BCUT2D eigenvalue weighted by atomic mass is 10.2. The Morgan fingerprint density at radius 3 is 2.71 bits per heavy atom. The monoisotopic (exact) mass is 459 g/mol. The number of allylic oxidation sites excluding steroid dienone is 2. The number of hydrogen-bond donors (Lipinski definition) is 1. The average Bonchev–Trinajstić information content (AvgIpc) is 3.06. The molecule has 3 rings (SSSR count). The number of thioether (sulfide) groups is 1. The zero-order valence-corrected chi connectivity index (χ0v) is 19.3. The number of benzene rings is 1. The first-order valence-corrected chi connectivity index (χ1v) is 11.9. The van der Waals surface area contributed by atoms with Crippen molar-refractivity contribution in [3.8, 4) is 0 Å². The van der Waals surface area contributed by atoms with Crippen molar-refractivity contribution in [2.75, 3.05) is 45.9 Å². The molecule has 166 valence electrons. The van der Waals surface area contributed by atoms with Crippen molar-refractivity contribution in [2.45, 2.75) is 19.3 Å². The van der Waals surface area contributed by atoms with Crippen LogP contribution in [0.2, 0.25) is 0 Å². The van der Waals surface area contributed by atoms with Crippen molar-refractivity contribution in [3.05, 3.63) is 53.0 Å². The second kappa shape index (κ2) is 12.8. The molecule has 0 aromatic heterocycles. The quantitative estimate of drug-likeness (QED) is 0.330. The highest BCUT2D eigenvalue weighted by molar-refractivity contribution is 8.26. The van der Waals surface area contributed by atoms with Crippen LogP contribution in [0.1, 0.15) is 24.8 Å². The molecule has 0 radical (unpaired) electrons. The zero-order valence-electron chi connectivity index (χ0n) is 17.6. The number of amides is 2. The Kier molecular flexibility index (Phi) is 9.74. The normalized spacial score (nSPS) is 19.0. The first-order valence-electron chi connectivity index (χ1n) is 10.7. The Labute approximate surface area is 193 Å². The number of thiocarbonyl (C=S) groups is 1. The molecule has 0 bridgehead atoms. The summed E-state index contributed by atoms with van der Waals surface area (Å²) in [5.41, 5.74) is 1.07. The summed E-state index contributed by atoms with van der Waals surface area (Å²) < 4.78 is 5.88. The Hall–Kier alpha value is -2.00. The Balaban J connectivity index is 1.33. The van der Waals surface area contributed by atoms with Crippen molar-refractivity contribution in [2.24, 2.45) is 0 Å². The van der Waals surface area contributed by atoms with Gasteiger partial charge in [0.2, 0.25) is 5.91 Å². The highest BCUT2D eigenvalue weighted by Crippen LogP contribution is 2.31. The lowest BCUT2D eigenvalue weighted by Gasteiger charge is -2.26. The van der Waals surface area contributed by atoms with Gasteiger partial charge in [-0.15, -0.1) is 0 Å². The molecule has 0 atom stereocenters. The fraction of sp³-hybridized carbons (Fsp3) is 0.435. The van der Waals surface area contributed by atoms with Gasteiger partial charge in [-0.05, 0) is 31.0 Å². The molecule has 6 nitrogen and oxygen atoms in total. The zero-order chi connectivity index (χ0) is 21.9. The van der Waals surface area contributed by atoms with Crippen LogP contribution in [-0.2, 0) is 14.3 Å². The maximum atomic E-state index is 12.6. The number of nitrogens with zero attached hydrogens (tertiary/aromatic N) is 2. The molecule has 8 heteroatoms. The number of carbonyl (C=O) groups excluding carboxylic acids is 2. The minimum absolute atomic E-state index is 0.0220. The summed E-state index contributed by atoms with van der Waals surface area (Å²) in [5.74, 6) is -0.0626. The van der Waals surface area contributed by atoms with Crippen molar-refractivity contribution < 1.29 is 14.3 Å². The number of ether oxygens (including phenoxy) is 1. The summed E-state index contributed by atoms with van der Waals surface area (Å²) in [4.78, 5) is 29.2. The van der Waals surface area contributed by atoms with Gasteiger partial charge in [-0.25, -0.2) is 0 Å². The molecular formula is C23H29N3O3S2. The largest absolute Gasteiger partial charge is 0.379 e.